The largest absolute Gasteiger partial charge is 0.324 e. The quantitative estimate of drug-likeness (QED) is 0.742. The number of aromatic nitrogens is 4. The number of carbonyl (C=O) groups is 2. The number of benzene rings is 1. The molecule has 8 heteroatoms. The Bertz CT molecular complexity index is 894. The molecule has 3 rings (SSSR count). The number of hydrogen-bond donors (Lipinski definition) is 2. The molecule has 1 aromatic carbocycles. The van der Waals surface area contributed by atoms with E-state index in [9.17, 15) is 9.59 Å². The molecule has 0 fully saturated rings. The maximum atomic E-state index is 12.0. The van der Waals surface area contributed by atoms with Crippen LogP contribution in [0.3, 0.4) is 0 Å². The highest BCUT2D eigenvalue weighted by molar-refractivity contribution is 6.03. The lowest BCUT2D eigenvalue weighted by Gasteiger charge is -2.08. The minimum atomic E-state index is -0.286. The topological polar surface area (TPSA) is 93.8 Å². The summed E-state index contributed by atoms with van der Waals surface area (Å²) in [6, 6.07) is 10.4. The monoisotopic (exact) mass is 338 g/mol. The molecule has 0 spiro atoms. The highest BCUT2D eigenvalue weighted by atomic mass is 16.2. The summed E-state index contributed by atoms with van der Waals surface area (Å²) in [5.41, 5.74) is 2.53. The van der Waals surface area contributed by atoms with Gasteiger partial charge in [0.25, 0.3) is 5.91 Å². The fourth-order valence-corrected chi connectivity index (χ4v) is 2.27. The van der Waals surface area contributed by atoms with Crippen molar-refractivity contribution in [3.8, 4) is 0 Å². The molecule has 2 aromatic heterocycles. The van der Waals surface area contributed by atoms with Crippen LogP contribution in [0.2, 0.25) is 0 Å². The van der Waals surface area contributed by atoms with Gasteiger partial charge in [-0.05, 0) is 43.3 Å². The fourth-order valence-electron chi connectivity index (χ4n) is 2.27. The van der Waals surface area contributed by atoms with E-state index < -0.39 is 0 Å². The summed E-state index contributed by atoms with van der Waals surface area (Å²) in [7, 11) is 1.75. The van der Waals surface area contributed by atoms with E-state index in [-0.39, 0.29) is 18.4 Å². The Hall–Kier alpha value is -3.42. The van der Waals surface area contributed by atoms with Gasteiger partial charge >= 0.3 is 0 Å². The zero-order chi connectivity index (χ0) is 17.8. The molecule has 2 heterocycles. The van der Waals surface area contributed by atoms with Crippen molar-refractivity contribution in [2.45, 2.75) is 13.5 Å². The summed E-state index contributed by atoms with van der Waals surface area (Å²) in [4.78, 5) is 24.1. The number of nitrogens with zero attached hydrogens (tertiary/aromatic N) is 4. The molecule has 0 bridgehead atoms. The Morgan fingerprint density at radius 2 is 1.72 bits per heavy atom. The van der Waals surface area contributed by atoms with Gasteiger partial charge < -0.3 is 10.6 Å². The highest BCUT2D eigenvalue weighted by Crippen LogP contribution is 2.14. The Morgan fingerprint density at radius 3 is 2.28 bits per heavy atom. The molecule has 128 valence electrons. The third-order valence-electron chi connectivity index (χ3n) is 3.60. The number of carbonyl (C=O) groups excluding carboxylic acids is 2. The zero-order valence-corrected chi connectivity index (χ0v) is 13.9. The van der Waals surface area contributed by atoms with E-state index in [4.69, 9.17) is 0 Å². The van der Waals surface area contributed by atoms with Gasteiger partial charge in [0.2, 0.25) is 5.91 Å². The first-order valence-electron chi connectivity index (χ1n) is 7.70. The predicted molar refractivity (Wildman–Crippen MR) is 93.2 cm³/mol. The first-order chi connectivity index (χ1) is 12.0. The van der Waals surface area contributed by atoms with Gasteiger partial charge in [-0.3, -0.25) is 19.0 Å². The Kier molecular flexibility index (Phi) is 4.60. The summed E-state index contributed by atoms with van der Waals surface area (Å²) < 4.78 is 3.19. The van der Waals surface area contributed by atoms with Gasteiger partial charge in [0, 0.05) is 36.5 Å². The smallest absolute Gasteiger partial charge is 0.276 e. The first-order valence-corrected chi connectivity index (χ1v) is 7.70. The molecule has 0 aliphatic heterocycles. The van der Waals surface area contributed by atoms with Gasteiger partial charge in [0.1, 0.15) is 6.54 Å². The average molecular weight is 338 g/mol. The van der Waals surface area contributed by atoms with Crippen LogP contribution in [0.4, 0.5) is 11.4 Å². The van der Waals surface area contributed by atoms with E-state index in [0.29, 0.717) is 17.1 Å². The third-order valence-corrected chi connectivity index (χ3v) is 3.60. The lowest BCUT2D eigenvalue weighted by atomic mass is 10.2. The van der Waals surface area contributed by atoms with Crippen molar-refractivity contribution < 1.29 is 9.59 Å². The van der Waals surface area contributed by atoms with Crippen LogP contribution in [0.25, 0.3) is 0 Å². The van der Waals surface area contributed by atoms with Crippen molar-refractivity contribution >= 4 is 23.2 Å². The summed E-state index contributed by atoms with van der Waals surface area (Å²) in [5, 5.41) is 13.7. The first kappa shape index (κ1) is 16.4. The molecule has 2 N–H and O–H groups in total. The maximum absolute atomic E-state index is 12.0. The summed E-state index contributed by atoms with van der Waals surface area (Å²) in [5.74, 6) is -0.455. The molecule has 2 amide bonds. The second-order valence-corrected chi connectivity index (χ2v) is 5.58. The van der Waals surface area contributed by atoms with Gasteiger partial charge in [0.15, 0.2) is 5.69 Å². The number of anilines is 2. The fraction of sp³-hybridized carbons (Fsp3) is 0.176. The van der Waals surface area contributed by atoms with Crippen LogP contribution in [-0.4, -0.2) is 31.4 Å². The highest BCUT2D eigenvalue weighted by Gasteiger charge is 2.09. The average Bonchev–Trinajstić information content (AvgIpc) is 3.18. The second-order valence-electron chi connectivity index (χ2n) is 5.58. The predicted octanol–water partition coefficient (Wildman–Crippen LogP) is 1.82. The van der Waals surface area contributed by atoms with Crippen molar-refractivity contribution in [2.24, 2.45) is 7.05 Å². The van der Waals surface area contributed by atoms with E-state index in [0.717, 1.165) is 5.69 Å². The molecule has 0 saturated heterocycles. The molecular weight excluding hydrogens is 320 g/mol. The van der Waals surface area contributed by atoms with Gasteiger partial charge in [-0.15, -0.1) is 0 Å². The zero-order valence-electron chi connectivity index (χ0n) is 13.9. The van der Waals surface area contributed by atoms with E-state index in [1.54, 1.807) is 59.1 Å². The number of aryl methyl sites for hydroxylation is 2. The summed E-state index contributed by atoms with van der Waals surface area (Å²) >= 11 is 0. The van der Waals surface area contributed by atoms with Crippen molar-refractivity contribution in [1.82, 2.24) is 19.6 Å². The van der Waals surface area contributed by atoms with Crippen LogP contribution in [0.15, 0.2) is 48.8 Å². The lowest BCUT2D eigenvalue weighted by molar-refractivity contribution is -0.116. The minimum absolute atomic E-state index is 0.150. The molecule has 0 unspecified atom stereocenters. The van der Waals surface area contributed by atoms with Gasteiger partial charge in [-0.1, -0.05) is 0 Å². The van der Waals surface area contributed by atoms with E-state index in [1.807, 2.05) is 13.0 Å². The van der Waals surface area contributed by atoms with Gasteiger partial charge in [-0.2, -0.15) is 10.2 Å². The molecule has 0 atom stereocenters. The van der Waals surface area contributed by atoms with Crippen molar-refractivity contribution in [1.29, 1.82) is 0 Å². The maximum Gasteiger partial charge on any atom is 0.276 e. The van der Waals surface area contributed by atoms with E-state index in [1.165, 1.54) is 0 Å². The van der Waals surface area contributed by atoms with Crippen LogP contribution >= 0.6 is 0 Å². The molecule has 0 radical (unpaired) electrons. The van der Waals surface area contributed by atoms with E-state index >= 15 is 0 Å². The van der Waals surface area contributed by atoms with Crippen LogP contribution < -0.4 is 10.6 Å². The normalized spacial score (nSPS) is 10.5. The van der Waals surface area contributed by atoms with Crippen LogP contribution in [-0.2, 0) is 18.4 Å². The summed E-state index contributed by atoms with van der Waals surface area (Å²) in [6.45, 7) is 2.04. The Balaban J connectivity index is 1.57. The molecule has 0 saturated carbocycles. The number of nitrogens with one attached hydrogen (secondary N) is 2. The van der Waals surface area contributed by atoms with Crippen molar-refractivity contribution in [2.75, 3.05) is 10.6 Å². The number of rotatable bonds is 5. The van der Waals surface area contributed by atoms with Gasteiger partial charge in [0.05, 0.1) is 0 Å². The second kappa shape index (κ2) is 7.00. The number of amides is 2. The van der Waals surface area contributed by atoms with Crippen molar-refractivity contribution in [3.05, 3.63) is 60.2 Å². The van der Waals surface area contributed by atoms with Gasteiger partial charge in [-0.25, -0.2) is 0 Å². The summed E-state index contributed by atoms with van der Waals surface area (Å²) in [6.07, 6.45) is 3.36. The minimum Gasteiger partial charge on any atom is -0.324 e. The Labute approximate surface area is 144 Å². The molecular formula is C17H18N6O2. The molecule has 25 heavy (non-hydrogen) atoms. The van der Waals surface area contributed by atoms with Crippen molar-refractivity contribution in [3.63, 3.8) is 0 Å². The van der Waals surface area contributed by atoms with E-state index in [2.05, 4.69) is 20.8 Å². The molecule has 8 nitrogen and oxygen atoms in total. The van der Waals surface area contributed by atoms with Crippen LogP contribution in [0.5, 0.6) is 0 Å². The molecule has 3 aromatic rings. The molecule has 0 aliphatic rings. The van der Waals surface area contributed by atoms with Crippen LogP contribution in [0.1, 0.15) is 16.2 Å². The number of hydrogen-bond acceptors (Lipinski definition) is 4. The SMILES string of the molecule is Cc1ccnn1CC(=O)Nc1ccc(NC(=O)c2ccn(C)n2)cc1. The standard InChI is InChI=1S/C17H18N6O2/c1-12-7-9-18-23(12)11-16(24)19-13-3-5-14(6-4-13)20-17(25)15-8-10-22(2)21-15/h3-10H,11H2,1-2H3,(H,19,24)(H,20,25). The third kappa shape index (κ3) is 4.11. The lowest BCUT2D eigenvalue weighted by Crippen LogP contribution is -2.20. The molecule has 0 aliphatic carbocycles. The van der Waals surface area contributed by atoms with Crippen LogP contribution in [0, 0.1) is 6.92 Å². The Morgan fingerprint density at radius 1 is 1.04 bits per heavy atom.